The molecule has 1 amide bonds. The molecule has 2 fully saturated rings. The molecule has 2 saturated heterocycles. The fourth-order valence-corrected chi connectivity index (χ4v) is 6.20. The summed E-state index contributed by atoms with van der Waals surface area (Å²) in [6.07, 6.45) is 5.21. The number of carbonyl (C=O) groups is 1. The van der Waals surface area contributed by atoms with Gasteiger partial charge in [-0.25, -0.2) is 12.7 Å². The first-order valence-corrected chi connectivity index (χ1v) is 13.3. The van der Waals surface area contributed by atoms with Gasteiger partial charge in [0.05, 0.1) is 11.7 Å². The average molecular weight is 456 g/mol. The van der Waals surface area contributed by atoms with Gasteiger partial charge in [-0.1, -0.05) is 30.3 Å². The molecule has 0 spiro atoms. The molecule has 7 heteroatoms. The van der Waals surface area contributed by atoms with Crippen LogP contribution in [0.3, 0.4) is 0 Å². The summed E-state index contributed by atoms with van der Waals surface area (Å²) in [4.78, 5) is 15.2. The molecule has 0 unspecified atom stereocenters. The predicted octanol–water partition coefficient (Wildman–Crippen LogP) is 3.90. The molecule has 1 atom stereocenters. The summed E-state index contributed by atoms with van der Waals surface area (Å²) in [6.45, 7) is 2.94. The second-order valence-corrected chi connectivity index (χ2v) is 10.9. The van der Waals surface area contributed by atoms with E-state index >= 15 is 0 Å². The van der Waals surface area contributed by atoms with Crippen molar-refractivity contribution in [2.45, 2.75) is 38.5 Å². The van der Waals surface area contributed by atoms with Crippen LogP contribution in [0.5, 0.6) is 0 Å². The molecule has 172 valence electrons. The number of benzene rings is 2. The number of aryl methyl sites for hydroxylation is 1. The number of nitrogens with one attached hydrogen (secondary N) is 1. The van der Waals surface area contributed by atoms with Crippen LogP contribution in [0.4, 0.5) is 11.4 Å². The molecule has 2 heterocycles. The third-order valence-corrected chi connectivity index (χ3v) is 8.39. The monoisotopic (exact) mass is 455 g/mol. The van der Waals surface area contributed by atoms with Crippen molar-refractivity contribution in [2.75, 3.05) is 42.1 Å². The summed E-state index contributed by atoms with van der Waals surface area (Å²) in [5, 5.41) is 2.99. The van der Waals surface area contributed by atoms with Crippen LogP contribution in [0.25, 0.3) is 0 Å². The first-order valence-electron chi connectivity index (χ1n) is 11.7. The molecule has 0 aromatic heterocycles. The molecule has 1 N–H and O–H groups in total. The van der Waals surface area contributed by atoms with E-state index in [0.717, 1.165) is 30.8 Å². The van der Waals surface area contributed by atoms with E-state index in [-0.39, 0.29) is 24.1 Å². The zero-order valence-corrected chi connectivity index (χ0v) is 19.4. The lowest BCUT2D eigenvalue weighted by Gasteiger charge is -2.31. The van der Waals surface area contributed by atoms with Gasteiger partial charge >= 0.3 is 0 Å². The molecule has 4 rings (SSSR count). The Kier molecular flexibility index (Phi) is 7.48. The SMILES string of the molecule is O=C(Nc1ccc(N2CCCC2)cc1)[C@@H]1CCCN(S(=O)(=O)CCCc2ccccc2)C1. The van der Waals surface area contributed by atoms with Crippen LogP contribution in [0.2, 0.25) is 0 Å². The largest absolute Gasteiger partial charge is 0.372 e. The third kappa shape index (κ3) is 5.90. The molecule has 2 aliphatic rings. The Morgan fingerprint density at radius 1 is 0.938 bits per heavy atom. The smallest absolute Gasteiger partial charge is 0.228 e. The maximum Gasteiger partial charge on any atom is 0.228 e. The number of hydrogen-bond acceptors (Lipinski definition) is 4. The Hall–Kier alpha value is -2.38. The normalized spacial score (nSPS) is 19.8. The van der Waals surface area contributed by atoms with E-state index in [1.165, 1.54) is 22.8 Å². The molecule has 2 aromatic carbocycles. The predicted molar refractivity (Wildman–Crippen MR) is 129 cm³/mol. The minimum absolute atomic E-state index is 0.0943. The topological polar surface area (TPSA) is 69.7 Å². The highest BCUT2D eigenvalue weighted by Gasteiger charge is 2.32. The van der Waals surface area contributed by atoms with E-state index in [1.807, 2.05) is 54.6 Å². The zero-order valence-electron chi connectivity index (χ0n) is 18.6. The summed E-state index contributed by atoms with van der Waals surface area (Å²) < 4.78 is 27.2. The van der Waals surface area contributed by atoms with Gasteiger partial charge in [-0.2, -0.15) is 0 Å². The van der Waals surface area contributed by atoms with Crippen LogP contribution in [-0.4, -0.2) is 50.6 Å². The van der Waals surface area contributed by atoms with E-state index in [4.69, 9.17) is 0 Å². The van der Waals surface area contributed by atoms with E-state index < -0.39 is 10.0 Å². The van der Waals surface area contributed by atoms with Gasteiger partial charge in [0, 0.05) is 37.6 Å². The van der Waals surface area contributed by atoms with Crippen LogP contribution in [-0.2, 0) is 21.2 Å². The van der Waals surface area contributed by atoms with Crippen molar-refractivity contribution in [1.82, 2.24) is 4.31 Å². The number of sulfonamides is 1. The standard InChI is InChI=1S/C25H33N3O3S/c29-25(26-23-12-14-24(15-13-23)27-16-4-5-17-27)22-11-6-18-28(20-22)32(30,31)19-7-10-21-8-2-1-3-9-21/h1-3,8-9,12-15,22H,4-7,10-11,16-20H2,(H,26,29)/t22-/m1/s1. The number of rotatable bonds is 8. The highest BCUT2D eigenvalue weighted by atomic mass is 32.2. The first-order chi connectivity index (χ1) is 15.5. The zero-order chi connectivity index (χ0) is 22.4. The van der Waals surface area contributed by atoms with Crippen LogP contribution < -0.4 is 10.2 Å². The van der Waals surface area contributed by atoms with Crippen molar-refractivity contribution in [2.24, 2.45) is 5.92 Å². The van der Waals surface area contributed by atoms with Crippen LogP contribution in [0.15, 0.2) is 54.6 Å². The number of anilines is 2. The number of carbonyl (C=O) groups excluding carboxylic acids is 1. The van der Waals surface area contributed by atoms with Crippen molar-refractivity contribution >= 4 is 27.3 Å². The average Bonchev–Trinajstić information content (AvgIpc) is 3.35. The minimum atomic E-state index is -3.36. The van der Waals surface area contributed by atoms with Gasteiger partial charge in [0.2, 0.25) is 15.9 Å². The van der Waals surface area contributed by atoms with Gasteiger partial charge in [-0.05, 0) is 68.4 Å². The quantitative estimate of drug-likeness (QED) is 0.655. The molecule has 0 radical (unpaired) electrons. The second kappa shape index (κ2) is 10.5. The highest BCUT2D eigenvalue weighted by molar-refractivity contribution is 7.89. The fraction of sp³-hybridized carbons (Fsp3) is 0.480. The molecule has 0 bridgehead atoms. The molecule has 0 aliphatic carbocycles. The van der Waals surface area contributed by atoms with Gasteiger partial charge in [0.25, 0.3) is 0 Å². The lowest BCUT2D eigenvalue weighted by Crippen LogP contribution is -2.44. The molecular formula is C25H33N3O3S. The molecular weight excluding hydrogens is 422 g/mol. The van der Waals surface area contributed by atoms with Gasteiger partial charge < -0.3 is 10.2 Å². The van der Waals surface area contributed by atoms with Crippen molar-refractivity contribution in [3.05, 3.63) is 60.2 Å². The van der Waals surface area contributed by atoms with Crippen molar-refractivity contribution in [3.63, 3.8) is 0 Å². The van der Waals surface area contributed by atoms with Crippen LogP contribution >= 0.6 is 0 Å². The van der Waals surface area contributed by atoms with Gasteiger partial charge in [0.1, 0.15) is 0 Å². The summed E-state index contributed by atoms with van der Waals surface area (Å²) >= 11 is 0. The lowest BCUT2D eigenvalue weighted by atomic mass is 9.98. The number of piperidine rings is 1. The highest BCUT2D eigenvalue weighted by Crippen LogP contribution is 2.24. The number of nitrogens with zero attached hydrogens (tertiary/aromatic N) is 2. The summed E-state index contributed by atoms with van der Waals surface area (Å²) in [5.74, 6) is -0.289. The second-order valence-electron chi connectivity index (χ2n) is 8.83. The third-order valence-electron chi connectivity index (χ3n) is 6.46. The van der Waals surface area contributed by atoms with Crippen LogP contribution in [0, 0.1) is 5.92 Å². The van der Waals surface area contributed by atoms with Gasteiger partial charge in [-0.3, -0.25) is 4.79 Å². The van der Waals surface area contributed by atoms with Crippen LogP contribution in [0.1, 0.15) is 37.7 Å². The summed E-state index contributed by atoms with van der Waals surface area (Å²) in [6, 6.07) is 17.9. The Bertz CT molecular complexity index is 987. The molecule has 32 heavy (non-hydrogen) atoms. The Labute approximate surface area is 191 Å². The lowest BCUT2D eigenvalue weighted by molar-refractivity contribution is -0.120. The van der Waals surface area contributed by atoms with E-state index in [1.54, 1.807) is 0 Å². The number of amides is 1. The number of hydrogen-bond donors (Lipinski definition) is 1. The van der Waals surface area contributed by atoms with Crippen molar-refractivity contribution in [1.29, 1.82) is 0 Å². The minimum Gasteiger partial charge on any atom is -0.372 e. The van der Waals surface area contributed by atoms with Gasteiger partial charge in [-0.15, -0.1) is 0 Å². The van der Waals surface area contributed by atoms with Gasteiger partial charge in [0.15, 0.2) is 0 Å². The molecule has 2 aliphatic heterocycles. The fourth-order valence-electron chi connectivity index (χ4n) is 4.62. The molecule has 0 saturated carbocycles. The Morgan fingerprint density at radius 2 is 1.66 bits per heavy atom. The Morgan fingerprint density at radius 3 is 2.38 bits per heavy atom. The first kappa shape index (κ1) is 22.8. The van der Waals surface area contributed by atoms with E-state index in [2.05, 4.69) is 10.2 Å². The van der Waals surface area contributed by atoms with E-state index in [9.17, 15) is 13.2 Å². The van der Waals surface area contributed by atoms with Crippen molar-refractivity contribution in [3.8, 4) is 0 Å². The van der Waals surface area contributed by atoms with E-state index in [0.29, 0.717) is 25.8 Å². The summed E-state index contributed by atoms with van der Waals surface area (Å²) in [5.41, 5.74) is 3.10. The molecule has 2 aromatic rings. The van der Waals surface area contributed by atoms with Crippen molar-refractivity contribution < 1.29 is 13.2 Å². The maximum absolute atomic E-state index is 12.9. The summed E-state index contributed by atoms with van der Waals surface area (Å²) in [7, 11) is -3.36. The maximum atomic E-state index is 12.9. The molecule has 6 nitrogen and oxygen atoms in total. The Balaban J connectivity index is 1.29.